The van der Waals surface area contributed by atoms with Gasteiger partial charge in [-0.25, -0.2) is 0 Å². The van der Waals surface area contributed by atoms with Gasteiger partial charge in [0, 0.05) is 45.3 Å². The second-order valence-corrected chi connectivity index (χ2v) is 9.65. The van der Waals surface area contributed by atoms with Crippen molar-refractivity contribution in [3.63, 3.8) is 0 Å². The monoisotopic (exact) mass is 554 g/mol. The minimum absolute atomic E-state index is 0.0666. The van der Waals surface area contributed by atoms with Crippen LogP contribution in [-0.2, 0) is 5.92 Å². The Kier molecular flexibility index (Phi) is 8.74. The number of benzene rings is 5. The number of nitrogens with zero attached hydrogens (tertiary/aromatic N) is 2. The van der Waals surface area contributed by atoms with Crippen LogP contribution in [0, 0.1) is 0 Å². The first kappa shape index (κ1) is 28.3. The van der Waals surface area contributed by atoms with E-state index < -0.39 is 5.92 Å². The number of rotatable bonds is 10. The fourth-order valence-electron chi connectivity index (χ4n) is 4.90. The Morgan fingerprint density at radius 1 is 0.571 bits per heavy atom. The van der Waals surface area contributed by atoms with E-state index >= 15 is 8.78 Å². The second-order valence-electron chi connectivity index (χ2n) is 9.65. The highest BCUT2D eigenvalue weighted by Crippen LogP contribution is 2.40. The van der Waals surface area contributed by atoms with Crippen molar-refractivity contribution < 1.29 is 8.78 Å². The predicted molar refractivity (Wildman–Crippen MR) is 172 cm³/mol. The third-order valence-electron chi connectivity index (χ3n) is 6.98. The van der Waals surface area contributed by atoms with Crippen LogP contribution in [0.2, 0.25) is 0 Å². The first-order chi connectivity index (χ1) is 20.5. The predicted octanol–water partition coefficient (Wildman–Crippen LogP) is 11.1. The number of allylic oxidation sites excluding steroid dienone is 4. The summed E-state index contributed by atoms with van der Waals surface area (Å²) in [5.41, 5.74) is 5.16. The fraction of sp³-hybridized carbons (Fsp3) is 0.0526. The normalized spacial score (nSPS) is 11.8. The van der Waals surface area contributed by atoms with Gasteiger partial charge in [0.2, 0.25) is 0 Å². The van der Waals surface area contributed by atoms with Gasteiger partial charge in [-0.3, -0.25) is 0 Å². The van der Waals surface area contributed by atoms with E-state index in [1.807, 2.05) is 121 Å². The second kappa shape index (κ2) is 13.0. The molecule has 2 nitrogen and oxygen atoms in total. The summed E-state index contributed by atoms with van der Waals surface area (Å²) >= 11 is 0. The average molecular weight is 555 g/mol. The van der Waals surface area contributed by atoms with E-state index in [0.717, 1.165) is 34.1 Å². The number of anilines is 5. The number of hydrogen-bond donors (Lipinski definition) is 0. The van der Waals surface area contributed by atoms with E-state index in [9.17, 15) is 0 Å². The molecule has 5 rings (SSSR count). The van der Waals surface area contributed by atoms with Gasteiger partial charge < -0.3 is 9.80 Å². The third-order valence-corrected chi connectivity index (χ3v) is 6.98. The van der Waals surface area contributed by atoms with E-state index in [1.165, 1.54) is 24.3 Å². The van der Waals surface area contributed by atoms with Gasteiger partial charge in [0.05, 0.1) is 0 Å². The Hall–Kier alpha value is -5.22. The van der Waals surface area contributed by atoms with E-state index in [-0.39, 0.29) is 11.1 Å². The van der Waals surface area contributed by atoms with E-state index in [0.29, 0.717) is 0 Å². The Bertz CT molecular complexity index is 1600. The molecular weight excluding hydrogens is 522 g/mol. The van der Waals surface area contributed by atoms with Crippen LogP contribution in [0.3, 0.4) is 0 Å². The van der Waals surface area contributed by atoms with Crippen molar-refractivity contribution in [1.29, 1.82) is 0 Å². The molecule has 0 aliphatic heterocycles. The lowest BCUT2D eigenvalue weighted by Crippen LogP contribution is -2.18. The van der Waals surface area contributed by atoms with Crippen LogP contribution in [0.15, 0.2) is 176 Å². The highest BCUT2D eigenvalue weighted by atomic mass is 19.3. The molecule has 0 aliphatic rings. The molecule has 0 saturated carbocycles. The van der Waals surface area contributed by atoms with Gasteiger partial charge >= 0.3 is 0 Å². The molecular formula is C38H32F2N2. The summed E-state index contributed by atoms with van der Waals surface area (Å²) in [4.78, 5) is 4.08. The van der Waals surface area contributed by atoms with Crippen molar-refractivity contribution in [2.45, 2.75) is 12.8 Å². The van der Waals surface area contributed by atoms with E-state index in [2.05, 4.69) is 11.5 Å². The Morgan fingerprint density at radius 2 is 0.952 bits per heavy atom. The minimum atomic E-state index is -3.18. The lowest BCUT2D eigenvalue weighted by Gasteiger charge is -2.27. The van der Waals surface area contributed by atoms with Crippen LogP contribution >= 0.6 is 0 Å². The quantitative estimate of drug-likeness (QED) is 0.158. The lowest BCUT2D eigenvalue weighted by molar-refractivity contribution is 0.0429. The van der Waals surface area contributed by atoms with Crippen molar-refractivity contribution in [3.05, 3.63) is 187 Å². The zero-order chi connectivity index (χ0) is 29.4. The fourth-order valence-corrected chi connectivity index (χ4v) is 4.90. The molecule has 42 heavy (non-hydrogen) atoms. The summed E-state index contributed by atoms with van der Waals surface area (Å²) in [6.07, 6.45) is 7.48. The van der Waals surface area contributed by atoms with Crippen LogP contribution in [-0.4, -0.2) is 0 Å². The van der Waals surface area contributed by atoms with Gasteiger partial charge in [0.1, 0.15) is 0 Å². The third kappa shape index (κ3) is 6.08. The maximum atomic E-state index is 15.9. The summed E-state index contributed by atoms with van der Waals surface area (Å²) in [6, 6.07) is 42.6. The molecule has 5 aromatic rings. The molecule has 0 aromatic heterocycles. The van der Waals surface area contributed by atoms with E-state index in [1.54, 1.807) is 30.3 Å². The summed E-state index contributed by atoms with van der Waals surface area (Å²) < 4.78 is 31.7. The minimum Gasteiger partial charge on any atom is -0.311 e. The van der Waals surface area contributed by atoms with Crippen LogP contribution in [0.1, 0.15) is 18.1 Å². The standard InChI is InChI=1S/C38H32F2N2/c1-3-5-15-32(4-2)41(33-16-9-6-10-17-33)36-26-22-30(23-27-36)38(39,40)31-24-28-37(29-25-31)42(34-18-11-7-12-19-34)35-20-13-8-14-21-35/h3-29H,1H2,2H3/b15-5-,32-4+. The summed E-state index contributed by atoms with van der Waals surface area (Å²) in [5, 5.41) is 0. The summed E-state index contributed by atoms with van der Waals surface area (Å²) in [6.45, 7) is 5.71. The molecule has 0 radical (unpaired) electrons. The lowest BCUT2D eigenvalue weighted by atomic mass is 9.99. The van der Waals surface area contributed by atoms with Crippen LogP contribution in [0.25, 0.3) is 0 Å². The largest absolute Gasteiger partial charge is 0.311 e. The molecule has 0 saturated heterocycles. The molecule has 0 aliphatic carbocycles. The van der Waals surface area contributed by atoms with E-state index in [4.69, 9.17) is 0 Å². The number of hydrogen-bond acceptors (Lipinski definition) is 2. The van der Waals surface area contributed by atoms with Crippen LogP contribution in [0.4, 0.5) is 37.2 Å². The smallest absolute Gasteiger partial charge is 0.298 e. The SMILES string of the molecule is C=C/C=C\C(=C/C)N(c1ccccc1)c1ccc(C(F)(F)c2ccc(N(c3ccccc3)c3ccccc3)cc2)cc1. The van der Waals surface area contributed by atoms with Crippen molar-refractivity contribution >= 4 is 28.4 Å². The zero-order valence-electron chi connectivity index (χ0n) is 23.4. The van der Waals surface area contributed by atoms with Gasteiger partial charge in [0.15, 0.2) is 0 Å². The topological polar surface area (TPSA) is 6.48 Å². The van der Waals surface area contributed by atoms with Crippen molar-refractivity contribution in [1.82, 2.24) is 0 Å². The molecule has 0 unspecified atom stereocenters. The zero-order valence-corrected chi connectivity index (χ0v) is 23.4. The molecule has 0 fully saturated rings. The van der Waals surface area contributed by atoms with Gasteiger partial charge in [-0.05, 0) is 73.7 Å². The Labute approximate surface area is 246 Å². The summed E-state index contributed by atoms with van der Waals surface area (Å²) in [5.74, 6) is -3.18. The van der Waals surface area contributed by atoms with Gasteiger partial charge in [-0.2, -0.15) is 8.78 Å². The molecule has 4 heteroatoms. The molecule has 208 valence electrons. The first-order valence-electron chi connectivity index (χ1n) is 13.8. The number of halogens is 2. The molecule has 0 atom stereocenters. The molecule has 5 aromatic carbocycles. The van der Waals surface area contributed by atoms with Gasteiger partial charge in [-0.1, -0.05) is 104 Å². The maximum absolute atomic E-state index is 15.9. The average Bonchev–Trinajstić information content (AvgIpc) is 3.05. The molecule has 0 heterocycles. The van der Waals surface area contributed by atoms with Crippen molar-refractivity contribution in [2.75, 3.05) is 9.80 Å². The van der Waals surface area contributed by atoms with Gasteiger partial charge in [-0.15, -0.1) is 0 Å². The molecule has 0 spiro atoms. The Morgan fingerprint density at radius 3 is 1.38 bits per heavy atom. The highest BCUT2D eigenvalue weighted by Gasteiger charge is 2.34. The van der Waals surface area contributed by atoms with Gasteiger partial charge in [0.25, 0.3) is 5.92 Å². The van der Waals surface area contributed by atoms with Crippen molar-refractivity contribution in [2.24, 2.45) is 0 Å². The van der Waals surface area contributed by atoms with Crippen molar-refractivity contribution in [3.8, 4) is 0 Å². The van der Waals surface area contributed by atoms with Crippen LogP contribution in [0.5, 0.6) is 0 Å². The highest BCUT2D eigenvalue weighted by molar-refractivity contribution is 5.76. The Balaban J connectivity index is 1.46. The number of para-hydroxylation sites is 3. The summed E-state index contributed by atoms with van der Waals surface area (Å²) in [7, 11) is 0. The maximum Gasteiger partial charge on any atom is 0.298 e. The number of alkyl halides is 2. The molecule has 0 N–H and O–H groups in total. The molecule has 0 amide bonds. The van der Waals surface area contributed by atoms with Crippen LogP contribution < -0.4 is 9.80 Å². The molecule has 0 bridgehead atoms. The first-order valence-corrected chi connectivity index (χ1v) is 13.8.